The summed E-state index contributed by atoms with van der Waals surface area (Å²) in [5.41, 5.74) is 4.19. The lowest BCUT2D eigenvalue weighted by molar-refractivity contribution is -0.118. The fourth-order valence-electron chi connectivity index (χ4n) is 4.08. The van der Waals surface area contributed by atoms with Gasteiger partial charge in [-0.15, -0.1) is 11.3 Å². The van der Waals surface area contributed by atoms with E-state index in [2.05, 4.69) is 58.1 Å². The molecule has 1 atom stereocenters. The average Bonchev–Trinajstić information content (AvgIpc) is 3.01. The van der Waals surface area contributed by atoms with E-state index in [-0.39, 0.29) is 17.9 Å². The second kappa shape index (κ2) is 8.81. The van der Waals surface area contributed by atoms with Crippen molar-refractivity contribution < 1.29 is 9.53 Å². The molecule has 0 aliphatic heterocycles. The minimum atomic E-state index is -0.228. The summed E-state index contributed by atoms with van der Waals surface area (Å²) in [6.45, 7) is 13.0. The molecule has 0 saturated carbocycles. The van der Waals surface area contributed by atoms with Gasteiger partial charge >= 0.3 is 0 Å². The summed E-state index contributed by atoms with van der Waals surface area (Å²) in [6.07, 6.45) is 2.97. The molecule has 1 aromatic heterocycles. The van der Waals surface area contributed by atoms with Crippen molar-refractivity contribution in [3.63, 3.8) is 0 Å². The third kappa shape index (κ3) is 4.87. The molecule has 1 aliphatic carbocycles. The van der Waals surface area contributed by atoms with Crippen LogP contribution >= 0.6 is 11.3 Å². The van der Waals surface area contributed by atoms with Crippen molar-refractivity contribution in [3.05, 3.63) is 45.3 Å². The van der Waals surface area contributed by atoms with E-state index in [1.54, 1.807) is 11.3 Å². The van der Waals surface area contributed by atoms with Gasteiger partial charge in [0.25, 0.3) is 5.91 Å². The first kappa shape index (κ1) is 22.4. The van der Waals surface area contributed by atoms with Crippen LogP contribution in [0.1, 0.15) is 74.1 Å². The van der Waals surface area contributed by atoms with Crippen molar-refractivity contribution in [3.8, 4) is 11.8 Å². The highest BCUT2D eigenvalue weighted by molar-refractivity contribution is 7.16. The first-order chi connectivity index (χ1) is 14.1. The lowest BCUT2D eigenvalue weighted by Crippen LogP contribution is -2.26. The zero-order valence-corrected chi connectivity index (χ0v) is 19.7. The fraction of sp³-hybridized carbons (Fsp3) is 0.520. The first-order valence-electron chi connectivity index (χ1n) is 10.7. The molecule has 0 bridgehead atoms. The Bertz CT molecular complexity index is 976. The summed E-state index contributed by atoms with van der Waals surface area (Å²) in [4.78, 5) is 13.9. The predicted molar refractivity (Wildman–Crippen MR) is 123 cm³/mol. The zero-order valence-electron chi connectivity index (χ0n) is 18.9. The number of hydrogen-bond acceptors (Lipinski definition) is 4. The smallest absolute Gasteiger partial charge is 0.262 e. The number of ether oxygens (including phenoxy) is 1. The number of thiophene rings is 1. The molecule has 160 valence electrons. The van der Waals surface area contributed by atoms with Gasteiger partial charge in [0.2, 0.25) is 0 Å². The number of anilines is 1. The van der Waals surface area contributed by atoms with Crippen LogP contribution in [0.3, 0.4) is 0 Å². The summed E-state index contributed by atoms with van der Waals surface area (Å²) in [7, 11) is 0. The van der Waals surface area contributed by atoms with Crippen LogP contribution in [0.4, 0.5) is 5.00 Å². The molecular formula is C25H32N2O2S. The van der Waals surface area contributed by atoms with Gasteiger partial charge in [-0.2, -0.15) is 5.26 Å². The van der Waals surface area contributed by atoms with Gasteiger partial charge in [-0.25, -0.2) is 0 Å². The molecule has 2 aromatic rings. The monoisotopic (exact) mass is 424 g/mol. The van der Waals surface area contributed by atoms with Crippen molar-refractivity contribution in [2.75, 3.05) is 11.9 Å². The fourth-order valence-corrected chi connectivity index (χ4v) is 5.38. The Morgan fingerprint density at radius 1 is 1.37 bits per heavy atom. The van der Waals surface area contributed by atoms with Gasteiger partial charge in [-0.1, -0.05) is 46.8 Å². The van der Waals surface area contributed by atoms with Crippen molar-refractivity contribution in [2.45, 2.75) is 66.7 Å². The SMILES string of the molecule is Cc1ccc(C(C)C)c(OCC(=O)Nc2sc3c(c2C#N)CC[C@H](C(C)(C)C)C3)c1. The lowest BCUT2D eigenvalue weighted by Gasteiger charge is -2.33. The van der Waals surface area contributed by atoms with E-state index in [4.69, 9.17) is 4.74 Å². The van der Waals surface area contributed by atoms with E-state index >= 15 is 0 Å². The molecule has 30 heavy (non-hydrogen) atoms. The van der Waals surface area contributed by atoms with Crippen molar-refractivity contribution in [2.24, 2.45) is 11.3 Å². The van der Waals surface area contributed by atoms with Crippen LogP contribution < -0.4 is 10.1 Å². The molecule has 1 aliphatic rings. The number of aryl methyl sites for hydroxylation is 1. The minimum Gasteiger partial charge on any atom is -0.483 e. The van der Waals surface area contributed by atoms with Gasteiger partial charge in [0, 0.05) is 4.88 Å². The van der Waals surface area contributed by atoms with Crippen molar-refractivity contribution >= 4 is 22.2 Å². The van der Waals surface area contributed by atoms with Gasteiger partial charge in [0.15, 0.2) is 6.61 Å². The highest BCUT2D eigenvalue weighted by atomic mass is 32.1. The normalized spacial score (nSPS) is 16.1. The third-order valence-corrected chi connectivity index (χ3v) is 7.17. The largest absolute Gasteiger partial charge is 0.483 e. The van der Waals surface area contributed by atoms with Gasteiger partial charge in [-0.05, 0) is 66.2 Å². The molecule has 0 fully saturated rings. The number of fused-ring (bicyclic) bond motifs is 1. The van der Waals surface area contributed by atoms with E-state index in [1.165, 1.54) is 4.88 Å². The highest BCUT2D eigenvalue weighted by Gasteiger charge is 2.32. The summed E-state index contributed by atoms with van der Waals surface area (Å²) in [5.74, 6) is 1.43. The van der Waals surface area contributed by atoms with Gasteiger partial charge in [-0.3, -0.25) is 4.79 Å². The molecule has 1 N–H and O–H groups in total. The maximum atomic E-state index is 12.6. The van der Waals surface area contributed by atoms with Crippen LogP contribution in [0, 0.1) is 29.6 Å². The molecule has 1 amide bonds. The van der Waals surface area contributed by atoms with E-state index < -0.39 is 0 Å². The Balaban J connectivity index is 1.72. The molecule has 1 aromatic carbocycles. The van der Waals surface area contributed by atoms with E-state index in [0.29, 0.717) is 22.4 Å². The number of amides is 1. The number of nitrogens with one attached hydrogen (secondary N) is 1. The van der Waals surface area contributed by atoms with Crippen LogP contribution in [-0.4, -0.2) is 12.5 Å². The number of rotatable bonds is 5. The molecule has 5 heteroatoms. The summed E-state index contributed by atoms with van der Waals surface area (Å²) >= 11 is 1.56. The quantitative estimate of drug-likeness (QED) is 0.620. The zero-order chi connectivity index (χ0) is 22.1. The standard InChI is InChI=1S/C25H32N2O2S/c1-15(2)18-9-7-16(3)11-21(18)29-14-23(28)27-24-20(13-26)19-10-8-17(25(4,5)6)12-22(19)30-24/h7,9,11,15,17H,8,10,12,14H2,1-6H3,(H,27,28)/t17-/m0/s1. The van der Waals surface area contributed by atoms with Gasteiger partial charge < -0.3 is 10.1 Å². The summed E-state index contributed by atoms with van der Waals surface area (Å²) < 4.78 is 5.86. The molecule has 0 unspecified atom stereocenters. The number of benzene rings is 1. The van der Waals surface area contributed by atoms with Crippen LogP contribution in [0.5, 0.6) is 5.75 Å². The highest BCUT2D eigenvalue weighted by Crippen LogP contribution is 2.44. The van der Waals surface area contributed by atoms with E-state index in [9.17, 15) is 10.1 Å². The number of carbonyl (C=O) groups excluding carboxylic acids is 1. The van der Waals surface area contributed by atoms with Crippen LogP contribution in [0.25, 0.3) is 0 Å². The van der Waals surface area contributed by atoms with Gasteiger partial charge in [0.05, 0.1) is 5.56 Å². The number of carbonyl (C=O) groups is 1. The lowest BCUT2D eigenvalue weighted by atomic mass is 9.72. The van der Waals surface area contributed by atoms with Crippen LogP contribution in [0.2, 0.25) is 0 Å². The van der Waals surface area contributed by atoms with E-state index in [1.807, 2.05) is 13.0 Å². The Labute approximate surface area is 184 Å². The topological polar surface area (TPSA) is 62.1 Å². The second-order valence-corrected chi connectivity index (χ2v) is 10.8. The maximum Gasteiger partial charge on any atom is 0.262 e. The molecule has 0 spiro atoms. The first-order valence-corrected chi connectivity index (χ1v) is 11.5. The average molecular weight is 425 g/mol. The molecular weight excluding hydrogens is 392 g/mol. The van der Waals surface area contributed by atoms with Crippen molar-refractivity contribution in [1.82, 2.24) is 0 Å². The molecule has 3 rings (SSSR count). The maximum absolute atomic E-state index is 12.6. The molecule has 0 saturated heterocycles. The third-order valence-electron chi connectivity index (χ3n) is 6.00. The van der Waals surface area contributed by atoms with Crippen LogP contribution in [0.15, 0.2) is 18.2 Å². The predicted octanol–water partition coefficient (Wildman–Crippen LogP) is 6.22. The van der Waals surface area contributed by atoms with Crippen molar-refractivity contribution in [1.29, 1.82) is 5.26 Å². The molecule has 4 nitrogen and oxygen atoms in total. The second-order valence-electron chi connectivity index (χ2n) is 9.66. The minimum absolute atomic E-state index is 0.0682. The van der Waals surface area contributed by atoms with Crippen LogP contribution in [-0.2, 0) is 17.6 Å². The summed E-state index contributed by atoms with van der Waals surface area (Å²) in [5, 5.41) is 13.3. The molecule has 0 radical (unpaired) electrons. The Morgan fingerprint density at radius 3 is 2.73 bits per heavy atom. The Morgan fingerprint density at radius 2 is 2.10 bits per heavy atom. The number of hydrogen-bond donors (Lipinski definition) is 1. The Hall–Kier alpha value is -2.32. The number of nitriles is 1. The Kier molecular flexibility index (Phi) is 6.57. The summed E-state index contributed by atoms with van der Waals surface area (Å²) in [6, 6.07) is 8.41. The number of nitrogens with zero attached hydrogens (tertiary/aromatic N) is 1. The molecule has 1 heterocycles. The van der Waals surface area contributed by atoms with E-state index in [0.717, 1.165) is 41.7 Å². The van der Waals surface area contributed by atoms with Gasteiger partial charge in [0.1, 0.15) is 16.8 Å².